The summed E-state index contributed by atoms with van der Waals surface area (Å²) in [6.07, 6.45) is 8.37. The highest BCUT2D eigenvalue weighted by Crippen LogP contribution is 2.18. The molecule has 1 rings (SSSR count). The van der Waals surface area contributed by atoms with E-state index < -0.39 is 0 Å². The Morgan fingerprint density at radius 1 is 1.24 bits per heavy atom. The number of benzene rings is 1. The first-order chi connectivity index (χ1) is 8.22. The van der Waals surface area contributed by atoms with Gasteiger partial charge in [-0.3, -0.25) is 0 Å². The van der Waals surface area contributed by atoms with Crippen LogP contribution in [0.15, 0.2) is 35.9 Å². The first kappa shape index (κ1) is 14.0. The third-order valence-electron chi connectivity index (χ3n) is 2.86. The van der Waals surface area contributed by atoms with E-state index in [-0.39, 0.29) is 6.04 Å². The maximum absolute atomic E-state index is 5.91. The lowest BCUT2D eigenvalue weighted by atomic mass is 9.99. The van der Waals surface area contributed by atoms with Crippen LogP contribution in [0.2, 0.25) is 0 Å². The minimum absolute atomic E-state index is 0.256. The van der Waals surface area contributed by atoms with Crippen LogP contribution in [-0.2, 0) is 0 Å². The number of unbranched alkanes of at least 4 members (excludes halogenated alkanes) is 2. The fourth-order valence-electron chi connectivity index (χ4n) is 2.03. The van der Waals surface area contributed by atoms with Crippen molar-refractivity contribution in [1.82, 2.24) is 0 Å². The van der Waals surface area contributed by atoms with Gasteiger partial charge in [-0.15, -0.1) is 0 Å². The van der Waals surface area contributed by atoms with Crippen molar-refractivity contribution in [3.05, 3.63) is 41.5 Å². The first-order valence-electron chi connectivity index (χ1n) is 6.72. The highest BCUT2D eigenvalue weighted by atomic mass is 14.6. The van der Waals surface area contributed by atoms with Gasteiger partial charge in [-0.2, -0.15) is 0 Å². The van der Waals surface area contributed by atoms with Gasteiger partial charge in [-0.1, -0.05) is 61.7 Å². The Hall–Kier alpha value is -1.08. The van der Waals surface area contributed by atoms with Crippen molar-refractivity contribution in [2.45, 2.75) is 52.0 Å². The van der Waals surface area contributed by atoms with E-state index in [2.05, 4.69) is 50.3 Å². The Kier molecular flexibility index (Phi) is 6.64. The molecular formula is C16H25N. The lowest BCUT2D eigenvalue weighted by Crippen LogP contribution is -2.15. The van der Waals surface area contributed by atoms with Gasteiger partial charge in [-0.25, -0.2) is 0 Å². The van der Waals surface area contributed by atoms with Crippen LogP contribution in [0.25, 0.3) is 6.08 Å². The molecule has 0 radical (unpaired) electrons. The second-order valence-corrected chi connectivity index (χ2v) is 4.85. The molecule has 1 aromatic carbocycles. The van der Waals surface area contributed by atoms with Crippen molar-refractivity contribution in [1.29, 1.82) is 0 Å². The Labute approximate surface area is 106 Å². The molecule has 0 saturated carbocycles. The van der Waals surface area contributed by atoms with Gasteiger partial charge in [0.15, 0.2) is 0 Å². The van der Waals surface area contributed by atoms with Crippen LogP contribution in [-0.4, -0.2) is 6.04 Å². The van der Waals surface area contributed by atoms with E-state index in [0.29, 0.717) is 0 Å². The molecule has 1 aromatic rings. The van der Waals surface area contributed by atoms with Gasteiger partial charge in [0.1, 0.15) is 0 Å². The molecular weight excluding hydrogens is 206 g/mol. The second kappa shape index (κ2) is 8.08. The Balaban J connectivity index is 2.64. The molecule has 0 amide bonds. The molecule has 0 bridgehead atoms. The molecule has 0 saturated heterocycles. The molecule has 0 aliphatic rings. The quantitative estimate of drug-likeness (QED) is 0.692. The summed E-state index contributed by atoms with van der Waals surface area (Å²) >= 11 is 0. The Morgan fingerprint density at radius 3 is 2.53 bits per heavy atom. The summed E-state index contributed by atoms with van der Waals surface area (Å²) < 4.78 is 0. The van der Waals surface area contributed by atoms with E-state index in [4.69, 9.17) is 5.73 Å². The van der Waals surface area contributed by atoms with Gasteiger partial charge in [0.05, 0.1) is 0 Å². The van der Waals surface area contributed by atoms with E-state index in [0.717, 1.165) is 6.42 Å². The molecule has 0 heterocycles. The summed E-state index contributed by atoms with van der Waals surface area (Å²) in [5.41, 5.74) is 8.69. The minimum atomic E-state index is 0.256. The Bertz CT molecular complexity index is 325. The number of hydrogen-bond donors (Lipinski definition) is 1. The third-order valence-corrected chi connectivity index (χ3v) is 2.86. The molecule has 0 fully saturated rings. The van der Waals surface area contributed by atoms with Crippen molar-refractivity contribution in [2.75, 3.05) is 0 Å². The topological polar surface area (TPSA) is 26.0 Å². The fraction of sp³-hybridized carbons (Fsp3) is 0.500. The highest BCUT2D eigenvalue weighted by molar-refractivity contribution is 5.52. The normalized spacial score (nSPS) is 13.7. The average molecular weight is 231 g/mol. The molecule has 1 nitrogen and oxygen atoms in total. The van der Waals surface area contributed by atoms with Crippen LogP contribution in [0.3, 0.4) is 0 Å². The maximum Gasteiger partial charge on any atom is 0.00477 e. The van der Waals surface area contributed by atoms with Crippen molar-refractivity contribution in [2.24, 2.45) is 5.73 Å². The summed E-state index contributed by atoms with van der Waals surface area (Å²) in [5, 5.41) is 0. The van der Waals surface area contributed by atoms with Crippen LogP contribution in [0, 0.1) is 0 Å². The van der Waals surface area contributed by atoms with Gasteiger partial charge in [0.25, 0.3) is 0 Å². The summed E-state index contributed by atoms with van der Waals surface area (Å²) in [5.74, 6) is 0. The molecule has 1 unspecified atom stereocenters. The van der Waals surface area contributed by atoms with Gasteiger partial charge >= 0.3 is 0 Å². The van der Waals surface area contributed by atoms with Crippen LogP contribution < -0.4 is 5.73 Å². The van der Waals surface area contributed by atoms with Crippen LogP contribution in [0.5, 0.6) is 0 Å². The van der Waals surface area contributed by atoms with E-state index in [1.807, 2.05) is 0 Å². The zero-order valence-electron chi connectivity index (χ0n) is 11.2. The van der Waals surface area contributed by atoms with Gasteiger partial charge in [0.2, 0.25) is 0 Å². The van der Waals surface area contributed by atoms with Crippen LogP contribution >= 0.6 is 0 Å². The second-order valence-electron chi connectivity index (χ2n) is 4.85. The number of rotatable bonds is 7. The molecule has 1 atom stereocenters. The molecule has 0 aliphatic heterocycles. The smallest absolute Gasteiger partial charge is 0.00477 e. The highest BCUT2D eigenvalue weighted by Gasteiger charge is 2.02. The first-order valence-corrected chi connectivity index (χ1v) is 6.72. The van der Waals surface area contributed by atoms with Crippen molar-refractivity contribution in [3.8, 4) is 0 Å². The Morgan fingerprint density at radius 2 is 1.94 bits per heavy atom. The standard InChI is InChI=1S/C16H25N/c1-3-4-6-11-16(12-14(2)17)13-15-9-7-5-8-10-15/h5,7-10,13-14H,3-4,6,11-12,17H2,1-2H3/b16-13+. The fourth-order valence-corrected chi connectivity index (χ4v) is 2.03. The predicted octanol–water partition coefficient (Wildman–Crippen LogP) is 4.39. The lowest BCUT2D eigenvalue weighted by Gasteiger charge is -2.10. The van der Waals surface area contributed by atoms with E-state index >= 15 is 0 Å². The monoisotopic (exact) mass is 231 g/mol. The summed E-state index contributed by atoms with van der Waals surface area (Å²) in [6.45, 7) is 4.32. The molecule has 1 heteroatoms. The SMILES string of the molecule is CCCCC/C(=C\c1ccccc1)CC(C)N. The number of nitrogens with two attached hydrogens (primary N) is 1. The zero-order valence-corrected chi connectivity index (χ0v) is 11.2. The molecule has 0 spiro atoms. The summed E-state index contributed by atoms with van der Waals surface area (Å²) in [4.78, 5) is 0. The van der Waals surface area contributed by atoms with E-state index in [9.17, 15) is 0 Å². The molecule has 17 heavy (non-hydrogen) atoms. The summed E-state index contributed by atoms with van der Waals surface area (Å²) in [6, 6.07) is 10.8. The molecule has 2 N–H and O–H groups in total. The third kappa shape index (κ3) is 6.28. The van der Waals surface area contributed by atoms with Gasteiger partial charge < -0.3 is 5.73 Å². The average Bonchev–Trinajstić information content (AvgIpc) is 2.30. The largest absolute Gasteiger partial charge is 0.328 e. The summed E-state index contributed by atoms with van der Waals surface area (Å²) in [7, 11) is 0. The zero-order chi connectivity index (χ0) is 12.5. The minimum Gasteiger partial charge on any atom is -0.328 e. The van der Waals surface area contributed by atoms with Crippen LogP contribution in [0.1, 0.15) is 51.5 Å². The molecule has 0 aromatic heterocycles. The van der Waals surface area contributed by atoms with Crippen molar-refractivity contribution >= 4 is 6.08 Å². The maximum atomic E-state index is 5.91. The predicted molar refractivity (Wildman–Crippen MR) is 76.8 cm³/mol. The van der Waals surface area contributed by atoms with Crippen molar-refractivity contribution < 1.29 is 0 Å². The van der Waals surface area contributed by atoms with Crippen molar-refractivity contribution in [3.63, 3.8) is 0 Å². The molecule has 0 aliphatic carbocycles. The van der Waals surface area contributed by atoms with E-state index in [1.54, 1.807) is 0 Å². The lowest BCUT2D eigenvalue weighted by molar-refractivity contribution is 0.661. The van der Waals surface area contributed by atoms with E-state index in [1.165, 1.54) is 36.8 Å². The molecule has 94 valence electrons. The van der Waals surface area contributed by atoms with Crippen LogP contribution in [0.4, 0.5) is 0 Å². The van der Waals surface area contributed by atoms with Gasteiger partial charge in [0, 0.05) is 6.04 Å². The van der Waals surface area contributed by atoms with Gasteiger partial charge in [-0.05, 0) is 31.7 Å². The number of hydrogen-bond acceptors (Lipinski definition) is 1.